The molecule has 0 aromatic heterocycles. The Bertz CT molecular complexity index is 356. The predicted molar refractivity (Wildman–Crippen MR) is 64.1 cm³/mol. The zero-order valence-electron chi connectivity index (χ0n) is 11.0. The van der Waals surface area contributed by atoms with Gasteiger partial charge in [0.15, 0.2) is 0 Å². The van der Waals surface area contributed by atoms with Crippen molar-refractivity contribution in [3.8, 4) is 0 Å². The molecule has 90 valence electrons. The van der Waals surface area contributed by atoms with Crippen molar-refractivity contribution in [1.29, 1.82) is 0 Å². The van der Waals surface area contributed by atoms with Gasteiger partial charge in [-0.1, -0.05) is 20.8 Å². The molecule has 0 radical (unpaired) electrons. The first-order chi connectivity index (χ1) is 7.41. The van der Waals surface area contributed by atoms with Crippen molar-refractivity contribution in [2.24, 2.45) is 28.6 Å². The second-order valence-electron chi connectivity index (χ2n) is 7.84. The van der Waals surface area contributed by atoms with Gasteiger partial charge in [-0.05, 0) is 61.2 Å². The lowest BCUT2D eigenvalue weighted by atomic mass is 9.66. The van der Waals surface area contributed by atoms with Crippen molar-refractivity contribution >= 4 is 0 Å². The molecule has 4 aliphatic rings. The van der Waals surface area contributed by atoms with E-state index < -0.39 is 0 Å². The van der Waals surface area contributed by atoms with Crippen LogP contribution in [-0.2, 0) is 4.74 Å². The molecule has 16 heavy (non-hydrogen) atoms. The third kappa shape index (κ3) is 0.805. The van der Waals surface area contributed by atoms with Crippen molar-refractivity contribution < 1.29 is 4.74 Å². The van der Waals surface area contributed by atoms with E-state index in [1.807, 2.05) is 0 Å². The summed E-state index contributed by atoms with van der Waals surface area (Å²) in [5, 5.41) is 0. The minimum atomic E-state index is 0.263. The standard InChI is InChI=1S/C15H24O/c1-9-5-6-10-13(2,3)11-7-15(9,10)8-12-14(11,4)16-12/h9-12H,5-8H2,1-4H3/t9-,10-,11+,12+,14+,15+/m0/s1. The van der Waals surface area contributed by atoms with E-state index in [9.17, 15) is 0 Å². The van der Waals surface area contributed by atoms with E-state index in [1.54, 1.807) is 0 Å². The maximum atomic E-state index is 6.09. The van der Waals surface area contributed by atoms with Gasteiger partial charge < -0.3 is 4.74 Å². The number of hydrogen-bond acceptors (Lipinski definition) is 1. The van der Waals surface area contributed by atoms with Gasteiger partial charge in [0.1, 0.15) is 0 Å². The molecule has 1 spiro atoms. The molecule has 1 aliphatic heterocycles. The lowest BCUT2D eigenvalue weighted by molar-refractivity contribution is 0.0866. The molecule has 1 heterocycles. The Kier molecular flexibility index (Phi) is 1.48. The summed E-state index contributed by atoms with van der Waals surface area (Å²) in [7, 11) is 0. The van der Waals surface area contributed by atoms with Gasteiger partial charge in [-0.3, -0.25) is 0 Å². The second kappa shape index (κ2) is 2.39. The molecule has 4 rings (SSSR count). The van der Waals surface area contributed by atoms with E-state index in [0.29, 0.717) is 16.9 Å². The smallest absolute Gasteiger partial charge is 0.0954 e. The maximum Gasteiger partial charge on any atom is 0.0954 e. The summed E-state index contributed by atoms with van der Waals surface area (Å²) in [4.78, 5) is 0. The van der Waals surface area contributed by atoms with Crippen molar-refractivity contribution in [2.75, 3.05) is 0 Å². The van der Waals surface area contributed by atoms with Crippen LogP contribution in [0, 0.1) is 28.6 Å². The second-order valence-corrected chi connectivity index (χ2v) is 7.84. The maximum absolute atomic E-state index is 6.09. The highest BCUT2D eigenvalue weighted by Gasteiger charge is 2.76. The van der Waals surface area contributed by atoms with E-state index in [-0.39, 0.29) is 5.60 Å². The normalized spacial score (nSPS) is 65.2. The van der Waals surface area contributed by atoms with Gasteiger partial charge in [0.2, 0.25) is 0 Å². The molecule has 1 heteroatoms. The zero-order valence-corrected chi connectivity index (χ0v) is 11.0. The summed E-state index contributed by atoms with van der Waals surface area (Å²) in [5.74, 6) is 2.75. The van der Waals surface area contributed by atoms with Gasteiger partial charge in [-0.15, -0.1) is 0 Å². The van der Waals surface area contributed by atoms with Crippen molar-refractivity contribution in [1.82, 2.24) is 0 Å². The summed E-state index contributed by atoms with van der Waals surface area (Å²) >= 11 is 0. The zero-order chi connectivity index (χ0) is 11.3. The molecule has 4 fully saturated rings. The first-order valence-electron chi connectivity index (χ1n) is 7.09. The number of rotatable bonds is 0. The fourth-order valence-corrected chi connectivity index (χ4v) is 6.21. The lowest BCUT2D eigenvalue weighted by Gasteiger charge is -2.37. The van der Waals surface area contributed by atoms with E-state index >= 15 is 0 Å². The summed E-state index contributed by atoms with van der Waals surface area (Å²) in [6, 6.07) is 0. The lowest BCUT2D eigenvalue weighted by Crippen LogP contribution is -2.36. The van der Waals surface area contributed by atoms with Gasteiger partial charge in [0, 0.05) is 0 Å². The molecule has 3 aliphatic carbocycles. The highest BCUT2D eigenvalue weighted by Crippen LogP contribution is 2.77. The van der Waals surface area contributed by atoms with Gasteiger partial charge in [-0.2, -0.15) is 0 Å². The van der Waals surface area contributed by atoms with Crippen LogP contribution in [0.15, 0.2) is 0 Å². The number of epoxide rings is 1. The number of hydrogen-bond donors (Lipinski definition) is 0. The Morgan fingerprint density at radius 3 is 2.50 bits per heavy atom. The number of ether oxygens (including phenoxy) is 1. The third-order valence-corrected chi connectivity index (χ3v) is 7.18. The number of fused-ring (bicyclic) bond motifs is 3. The average molecular weight is 220 g/mol. The molecule has 0 amide bonds. The summed E-state index contributed by atoms with van der Waals surface area (Å²) in [6.45, 7) is 9.93. The largest absolute Gasteiger partial charge is 0.366 e. The molecule has 6 atom stereocenters. The first kappa shape index (κ1) is 9.94. The fraction of sp³-hybridized carbons (Fsp3) is 1.00. The Balaban J connectivity index is 1.85. The Morgan fingerprint density at radius 2 is 1.75 bits per heavy atom. The molecule has 3 saturated carbocycles. The molecular weight excluding hydrogens is 196 g/mol. The van der Waals surface area contributed by atoms with Crippen LogP contribution in [0.5, 0.6) is 0 Å². The van der Waals surface area contributed by atoms with Crippen LogP contribution < -0.4 is 0 Å². The molecule has 0 aromatic rings. The molecule has 1 nitrogen and oxygen atoms in total. The van der Waals surface area contributed by atoms with Crippen molar-refractivity contribution in [3.05, 3.63) is 0 Å². The van der Waals surface area contributed by atoms with Crippen LogP contribution in [0.25, 0.3) is 0 Å². The summed E-state index contributed by atoms with van der Waals surface area (Å²) < 4.78 is 6.09. The highest BCUT2D eigenvalue weighted by molar-refractivity contribution is 5.24. The van der Waals surface area contributed by atoms with Crippen molar-refractivity contribution in [2.45, 2.75) is 65.1 Å². The Morgan fingerprint density at radius 1 is 1.00 bits per heavy atom. The van der Waals surface area contributed by atoms with Crippen LogP contribution in [0.3, 0.4) is 0 Å². The van der Waals surface area contributed by atoms with Gasteiger partial charge in [0.05, 0.1) is 11.7 Å². The summed E-state index contributed by atoms with van der Waals surface area (Å²) in [6.07, 6.45) is 6.38. The summed E-state index contributed by atoms with van der Waals surface area (Å²) in [5.41, 5.74) is 1.44. The van der Waals surface area contributed by atoms with Gasteiger partial charge in [0.25, 0.3) is 0 Å². The van der Waals surface area contributed by atoms with Crippen LogP contribution in [-0.4, -0.2) is 11.7 Å². The Hall–Kier alpha value is -0.0400. The fourth-order valence-electron chi connectivity index (χ4n) is 6.21. The molecule has 0 N–H and O–H groups in total. The molecular formula is C15H24O. The topological polar surface area (TPSA) is 12.5 Å². The van der Waals surface area contributed by atoms with Crippen molar-refractivity contribution in [3.63, 3.8) is 0 Å². The third-order valence-electron chi connectivity index (χ3n) is 7.18. The highest BCUT2D eigenvalue weighted by atomic mass is 16.6. The monoisotopic (exact) mass is 220 g/mol. The first-order valence-corrected chi connectivity index (χ1v) is 7.09. The molecule has 0 aromatic carbocycles. The van der Waals surface area contributed by atoms with Crippen LogP contribution in [0.2, 0.25) is 0 Å². The van der Waals surface area contributed by atoms with Crippen LogP contribution >= 0.6 is 0 Å². The quantitative estimate of drug-likeness (QED) is 0.568. The van der Waals surface area contributed by atoms with E-state index in [1.165, 1.54) is 25.7 Å². The SMILES string of the molecule is C[C@H]1CC[C@H]2C(C)(C)[C@H]3C[C@@]12C[C@H]1O[C@]31C. The van der Waals surface area contributed by atoms with Crippen LogP contribution in [0.4, 0.5) is 0 Å². The molecule has 1 saturated heterocycles. The average Bonchev–Trinajstić information content (AvgIpc) is 2.67. The van der Waals surface area contributed by atoms with Gasteiger partial charge in [-0.25, -0.2) is 0 Å². The minimum Gasteiger partial charge on any atom is -0.366 e. The predicted octanol–water partition coefficient (Wildman–Crippen LogP) is 3.63. The molecule has 0 unspecified atom stereocenters. The van der Waals surface area contributed by atoms with E-state index in [2.05, 4.69) is 27.7 Å². The van der Waals surface area contributed by atoms with E-state index in [4.69, 9.17) is 4.74 Å². The minimum absolute atomic E-state index is 0.263. The Labute approximate surface area is 98.9 Å². The van der Waals surface area contributed by atoms with Crippen LogP contribution in [0.1, 0.15) is 53.4 Å². The van der Waals surface area contributed by atoms with Gasteiger partial charge >= 0.3 is 0 Å². The van der Waals surface area contributed by atoms with E-state index in [0.717, 1.165) is 17.8 Å². The molecule has 2 bridgehead atoms.